The average Bonchev–Trinajstić information content (AvgIpc) is 2.82. The molecule has 0 spiro atoms. The highest BCUT2D eigenvalue weighted by Gasteiger charge is 2.20. The summed E-state index contributed by atoms with van der Waals surface area (Å²) in [6.45, 7) is 3.97. The van der Waals surface area contributed by atoms with Gasteiger partial charge in [-0.25, -0.2) is 12.8 Å². The summed E-state index contributed by atoms with van der Waals surface area (Å²) >= 11 is 6.01. The second kappa shape index (κ2) is 7.09. The third kappa shape index (κ3) is 3.89. The Morgan fingerprint density at radius 3 is 2.50 bits per heavy atom. The molecule has 2 aromatic carbocycles. The molecule has 0 aliphatic carbocycles. The SMILES string of the molecule is Cc1nn(Cc2cccc(Cl)c2)c(C)c1NS(=O)(=O)c1ccc(F)cc1. The Balaban J connectivity index is 1.89. The van der Waals surface area contributed by atoms with Crippen molar-refractivity contribution in [2.75, 3.05) is 4.72 Å². The maximum absolute atomic E-state index is 13.0. The summed E-state index contributed by atoms with van der Waals surface area (Å²) in [7, 11) is -3.83. The first-order valence-electron chi connectivity index (χ1n) is 7.83. The molecule has 0 bridgehead atoms. The molecule has 3 aromatic rings. The predicted molar refractivity (Wildman–Crippen MR) is 99.5 cm³/mol. The van der Waals surface area contributed by atoms with E-state index in [1.54, 1.807) is 24.6 Å². The summed E-state index contributed by atoms with van der Waals surface area (Å²) in [5.74, 6) is -0.495. The van der Waals surface area contributed by atoms with E-state index in [9.17, 15) is 12.8 Å². The number of hydrogen-bond acceptors (Lipinski definition) is 3. The van der Waals surface area contributed by atoms with Gasteiger partial charge in [0.1, 0.15) is 5.82 Å². The van der Waals surface area contributed by atoms with Gasteiger partial charge in [0.05, 0.1) is 28.5 Å². The van der Waals surface area contributed by atoms with Crippen molar-refractivity contribution in [3.05, 3.63) is 76.3 Å². The Hall–Kier alpha value is -2.38. The maximum Gasteiger partial charge on any atom is 0.262 e. The van der Waals surface area contributed by atoms with E-state index < -0.39 is 15.8 Å². The molecule has 0 fully saturated rings. The largest absolute Gasteiger partial charge is 0.276 e. The highest BCUT2D eigenvalue weighted by atomic mass is 35.5. The number of aromatic nitrogens is 2. The predicted octanol–water partition coefficient (Wildman–Crippen LogP) is 4.14. The second-order valence-corrected chi connectivity index (χ2v) is 8.01. The third-order valence-electron chi connectivity index (χ3n) is 3.96. The number of sulfonamides is 1. The van der Waals surface area contributed by atoms with Crippen LogP contribution in [0.4, 0.5) is 10.1 Å². The quantitative estimate of drug-likeness (QED) is 0.708. The molecule has 5 nitrogen and oxygen atoms in total. The number of benzene rings is 2. The highest BCUT2D eigenvalue weighted by molar-refractivity contribution is 7.92. The van der Waals surface area contributed by atoms with Gasteiger partial charge in [-0.15, -0.1) is 0 Å². The second-order valence-electron chi connectivity index (χ2n) is 5.89. The van der Waals surface area contributed by atoms with Crippen LogP contribution in [0.5, 0.6) is 0 Å². The molecule has 0 unspecified atom stereocenters. The van der Waals surface area contributed by atoms with Crippen LogP contribution in [0.2, 0.25) is 5.02 Å². The lowest BCUT2D eigenvalue weighted by Crippen LogP contribution is -2.14. The van der Waals surface area contributed by atoms with Gasteiger partial charge < -0.3 is 0 Å². The monoisotopic (exact) mass is 393 g/mol. The van der Waals surface area contributed by atoms with Crippen LogP contribution in [0.3, 0.4) is 0 Å². The zero-order valence-electron chi connectivity index (χ0n) is 14.2. The van der Waals surface area contributed by atoms with E-state index in [1.807, 2.05) is 18.2 Å². The summed E-state index contributed by atoms with van der Waals surface area (Å²) in [6.07, 6.45) is 0. The number of nitrogens with one attached hydrogen (secondary N) is 1. The Labute approximate surface area is 156 Å². The van der Waals surface area contributed by atoms with Crippen molar-refractivity contribution >= 4 is 27.3 Å². The Bertz CT molecular complexity index is 1050. The first-order valence-corrected chi connectivity index (χ1v) is 9.69. The van der Waals surface area contributed by atoms with Gasteiger partial charge in [-0.05, 0) is 55.8 Å². The van der Waals surface area contributed by atoms with Gasteiger partial charge in [0.15, 0.2) is 0 Å². The van der Waals surface area contributed by atoms with E-state index >= 15 is 0 Å². The molecular formula is C18H17ClFN3O2S. The van der Waals surface area contributed by atoms with Gasteiger partial charge in [0.2, 0.25) is 0 Å². The number of nitrogens with zero attached hydrogens (tertiary/aromatic N) is 2. The molecule has 1 heterocycles. The molecule has 0 saturated heterocycles. The normalized spacial score (nSPS) is 11.5. The van der Waals surface area contributed by atoms with Gasteiger partial charge >= 0.3 is 0 Å². The topological polar surface area (TPSA) is 64.0 Å². The van der Waals surface area contributed by atoms with Crippen LogP contribution in [0.1, 0.15) is 17.0 Å². The van der Waals surface area contributed by atoms with Crippen molar-refractivity contribution in [1.82, 2.24) is 9.78 Å². The molecule has 0 radical (unpaired) electrons. The van der Waals surface area contributed by atoms with E-state index in [0.29, 0.717) is 28.6 Å². The summed E-state index contributed by atoms with van der Waals surface area (Å²) < 4.78 is 42.4. The van der Waals surface area contributed by atoms with Gasteiger partial charge in [-0.2, -0.15) is 5.10 Å². The van der Waals surface area contributed by atoms with Crippen LogP contribution in [0, 0.1) is 19.7 Å². The minimum Gasteiger partial charge on any atom is -0.276 e. The summed E-state index contributed by atoms with van der Waals surface area (Å²) in [4.78, 5) is -0.0136. The van der Waals surface area contributed by atoms with Crippen LogP contribution in [-0.4, -0.2) is 18.2 Å². The fourth-order valence-corrected chi connectivity index (χ4v) is 4.00. The molecule has 0 atom stereocenters. The minimum absolute atomic E-state index is 0.0136. The van der Waals surface area contributed by atoms with Crippen LogP contribution >= 0.6 is 11.6 Å². The van der Waals surface area contributed by atoms with Crippen LogP contribution in [0.25, 0.3) is 0 Å². The summed E-state index contributed by atoms with van der Waals surface area (Å²) in [6, 6.07) is 12.0. The molecule has 0 saturated carbocycles. The van der Waals surface area contributed by atoms with Gasteiger partial charge in [0.25, 0.3) is 10.0 Å². The molecular weight excluding hydrogens is 377 g/mol. The summed E-state index contributed by atoms with van der Waals surface area (Å²) in [5.41, 5.74) is 2.59. The number of anilines is 1. The fraction of sp³-hybridized carbons (Fsp3) is 0.167. The standard InChI is InChI=1S/C18H17ClFN3O2S/c1-12-18(22-26(24,25)17-8-6-16(20)7-9-17)13(2)23(21-12)11-14-4-3-5-15(19)10-14/h3-10,22H,11H2,1-2H3. The molecule has 3 rings (SSSR count). The highest BCUT2D eigenvalue weighted by Crippen LogP contribution is 2.24. The van der Waals surface area contributed by atoms with Crippen molar-refractivity contribution in [2.24, 2.45) is 0 Å². The first-order chi connectivity index (χ1) is 12.3. The average molecular weight is 394 g/mol. The van der Waals surface area contributed by atoms with Crippen molar-refractivity contribution in [3.63, 3.8) is 0 Å². The van der Waals surface area contributed by atoms with Crippen molar-refractivity contribution in [1.29, 1.82) is 0 Å². The smallest absolute Gasteiger partial charge is 0.262 e. The van der Waals surface area contributed by atoms with Crippen LogP contribution in [-0.2, 0) is 16.6 Å². The molecule has 1 aromatic heterocycles. The van der Waals surface area contributed by atoms with Crippen LogP contribution in [0.15, 0.2) is 53.4 Å². The van der Waals surface area contributed by atoms with E-state index in [-0.39, 0.29) is 4.90 Å². The molecule has 0 aliphatic rings. The van der Waals surface area contributed by atoms with E-state index in [4.69, 9.17) is 11.6 Å². The Morgan fingerprint density at radius 1 is 1.15 bits per heavy atom. The van der Waals surface area contributed by atoms with Crippen molar-refractivity contribution in [2.45, 2.75) is 25.3 Å². The van der Waals surface area contributed by atoms with Crippen molar-refractivity contribution in [3.8, 4) is 0 Å². The number of hydrogen-bond donors (Lipinski definition) is 1. The fourth-order valence-electron chi connectivity index (χ4n) is 2.61. The van der Waals surface area contributed by atoms with E-state index in [1.165, 1.54) is 12.1 Å². The molecule has 0 amide bonds. The van der Waals surface area contributed by atoms with Crippen molar-refractivity contribution < 1.29 is 12.8 Å². The van der Waals surface area contributed by atoms with Gasteiger partial charge in [-0.1, -0.05) is 23.7 Å². The molecule has 26 heavy (non-hydrogen) atoms. The zero-order chi connectivity index (χ0) is 18.9. The minimum atomic E-state index is -3.83. The third-order valence-corrected chi connectivity index (χ3v) is 5.56. The lowest BCUT2D eigenvalue weighted by molar-refractivity contribution is 0.599. The number of halogens is 2. The lowest BCUT2D eigenvalue weighted by atomic mass is 10.2. The molecule has 1 N–H and O–H groups in total. The zero-order valence-corrected chi connectivity index (χ0v) is 15.8. The lowest BCUT2D eigenvalue weighted by Gasteiger charge is -2.09. The molecule has 136 valence electrons. The Kier molecular flexibility index (Phi) is 5.02. The molecule has 0 aliphatic heterocycles. The maximum atomic E-state index is 13.0. The van der Waals surface area contributed by atoms with Gasteiger partial charge in [-0.3, -0.25) is 9.40 Å². The van der Waals surface area contributed by atoms with Crippen LogP contribution < -0.4 is 4.72 Å². The molecule has 8 heteroatoms. The number of rotatable bonds is 5. The summed E-state index contributed by atoms with van der Waals surface area (Å²) in [5, 5.41) is 5.04. The number of aryl methyl sites for hydroxylation is 1. The Morgan fingerprint density at radius 2 is 1.85 bits per heavy atom. The first kappa shape index (κ1) is 18.4. The van der Waals surface area contributed by atoms with E-state index in [2.05, 4.69) is 9.82 Å². The van der Waals surface area contributed by atoms with E-state index in [0.717, 1.165) is 17.7 Å². The van der Waals surface area contributed by atoms with Gasteiger partial charge in [0, 0.05) is 5.02 Å².